The molecule has 27 heavy (non-hydrogen) atoms. The van der Waals surface area contributed by atoms with Gasteiger partial charge in [0.1, 0.15) is 0 Å². The average Bonchev–Trinajstić information content (AvgIpc) is 2.68. The van der Waals surface area contributed by atoms with Crippen molar-refractivity contribution in [2.75, 3.05) is 32.7 Å². The van der Waals surface area contributed by atoms with Crippen LogP contribution in [0.1, 0.15) is 38.3 Å². The minimum atomic E-state index is -0.195. The van der Waals surface area contributed by atoms with Gasteiger partial charge in [-0.15, -0.1) is 0 Å². The average molecular weight is 372 g/mol. The lowest BCUT2D eigenvalue weighted by molar-refractivity contribution is -0.143. The van der Waals surface area contributed by atoms with Gasteiger partial charge in [0.15, 0.2) is 0 Å². The highest BCUT2D eigenvalue weighted by atomic mass is 16.2. The topological polar surface area (TPSA) is 82.6 Å². The molecule has 0 aliphatic carbocycles. The number of rotatable bonds is 5. The van der Waals surface area contributed by atoms with E-state index in [4.69, 9.17) is 0 Å². The van der Waals surface area contributed by atoms with E-state index in [0.29, 0.717) is 26.1 Å². The number of nitrogens with one attached hydrogen (secondary N) is 1. The van der Waals surface area contributed by atoms with Crippen LogP contribution in [0.2, 0.25) is 0 Å². The van der Waals surface area contributed by atoms with Gasteiger partial charge in [0.05, 0.1) is 6.54 Å². The Morgan fingerprint density at radius 2 is 2.11 bits per heavy atom. The molecule has 0 saturated carbocycles. The summed E-state index contributed by atoms with van der Waals surface area (Å²) < 4.78 is 0. The molecule has 2 aliphatic rings. The summed E-state index contributed by atoms with van der Waals surface area (Å²) in [5.41, 5.74) is 0.961. The Bertz CT molecular complexity index is 694. The summed E-state index contributed by atoms with van der Waals surface area (Å²) in [7, 11) is 0. The lowest BCUT2D eigenvalue weighted by Crippen LogP contribution is -2.56. The van der Waals surface area contributed by atoms with Crippen molar-refractivity contribution in [3.63, 3.8) is 0 Å². The van der Waals surface area contributed by atoms with Gasteiger partial charge in [-0.1, -0.05) is 6.07 Å². The molecule has 2 saturated heterocycles. The van der Waals surface area contributed by atoms with Gasteiger partial charge < -0.3 is 15.1 Å². The number of carbonyl (C=O) groups is 3. The molecule has 1 aromatic heterocycles. The number of aromatic nitrogens is 1. The van der Waals surface area contributed by atoms with E-state index in [1.807, 2.05) is 28.0 Å². The fourth-order valence-electron chi connectivity index (χ4n) is 4.17. The largest absolute Gasteiger partial charge is 0.347 e. The van der Waals surface area contributed by atoms with Gasteiger partial charge in [-0.05, 0) is 31.4 Å². The van der Waals surface area contributed by atoms with Crippen LogP contribution in [0.3, 0.4) is 0 Å². The maximum Gasteiger partial charge on any atom is 0.241 e. The van der Waals surface area contributed by atoms with E-state index in [9.17, 15) is 14.4 Å². The first-order valence-corrected chi connectivity index (χ1v) is 9.67. The molecule has 7 heteroatoms. The van der Waals surface area contributed by atoms with E-state index in [0.717, 1.165) is 37.9 Å². The van der Waals surface area contributed by atoms with Crippen molar-refractivity contribution >= 4 is 17.7 Å². The normalized spacial score (nSPS) is 22.8. The monoisotopic (exact) mass is 372 g/mol. The van der Waals surface area contributed by atoms with Gasteiger partial charge in [-0.3, -0.25) is 19.4 Å². The minimum Gasteiger partial charge on any atom is -0.347 e. The third-order valence-corrected chi connectivity index (χ3v) is 5.61. The SMILES string of the molecule is CC(=O)NCC(=O)N1CCC[C@]2(CCC(=O)N(CCc3ccccn3)C2)C1. The number of hydrogen-bond acceptors (Lipinski definition) is 4. The highest BCUT2D eigenvalue weighted by molar-refractivity contribution is 5.84. The number of carbonyl (C=O) groups excluding carboxylic acids is 3. The van der Waals surface area contributed by atoms with E-state index in [-0.39, 0.29) is 29.7 Å². The minimum absolute atomic E-state index is 0.0256. The zero-order valence-electron chi connectivity index (χ0n) is 15.9. The molecule has 3 rings (SSSR count). The third-order valence-electron chi connectivity index (χ3n) is 5.61. The van der Waals surface area contributed by atoms with Crippen LogP contribution in [0.4, 0.5) is 0 Å². The Kier molecular flexibility index (Phi) is 6.08. The predicted molar refractivity (Wildman–Crippen MR) is 101 cm³/mol. The first kappa shape index (κ1) is 19.3. The van der Waals surface area contributed by atoms with Crippen molar-refractivity contribution in [2.24, 2.45) is 5.41 Å². The van der Waals surface area contributed by atoms with Crippen LogP contribution in [-0.2, 0) is 20.8 Å². The van der Waals surface area contributed by atoms with Gasteiger partial charge in [0, 0.05) is 63.3 Å². The molecule has 0 aromatic carbocycles. The molecular weight excluding hydrogens is 344 g/mol. The Balaban J connectivity index is 1.60. The lowest BCUT2D eigenvalue weighted by Gasteiger charge is -2.48. The van der Waals surface area contributed by atoms with Crippen LogP contribution in [0.15, 0.2) is 24.4 Å². The summed E-state index contributed by atoms with van der Waals surface area (Å²) in [6, 6.07) is 5.83. The van der Waals surface area contributed by atoms with Crippen molar-refractivity contribution in [3.8, 4) is 0 Å². The molecule has 0 unspecified atom stereocenters. The molecule has 2 aliphatic heterocycles. The Labute approximate surface area is 160 Å². The first-order chi connectivity index (χ1) is 13.0. The standard InChI is InChI=1S/C20H28N4O3/c1-16(25)22-13-19(27)23-11-4-8-20(14-23)9-6-18(26)24(15-20)12-7-17-5-2-3-10-21-17/h2-3,5,10H,4,6-9,11-15H2,1H3,(H,22,25)/t20-/m0/s1. The summed E-state index contributed by atoms with van der Waals surface area (Å²) in [5.74, 6) is -0.0431. The second kappa shape index (κ2) is 8.50. The number of amides is 3. The second-order valence-electron chi connectivity index (χ2n) is 7.71. The van der Waals surface area contributed by atoms with Crippen LogP contribution in [0, 0.1) is 5.41 Å². The molecule has 146 valence electrons. The summed E-state index contributed by atoms with van der Waals surface area (Å²) >= 11 is 0. The molecule has 3 heterocycles. The maximum atomic E-state index is 12.4. The molecule has 1 spiro atoms. The van der Waals surface area contributed by atoms with Gasteiger partial charge in [0.2, 0.25) is 17.7 Å². The molecule has 1 aromatic rings. The van der Waals surface area contributed by atoms with Crippen LogP contribution in [-0.4, -0.2) is 65.2 Å². The van der Waals surface area contributed by atoms with Gasteiger partial charge >= 0.3 is 0 Å². The second-order valence-corrected chi connectivity index (χ2v) is 7.71. The number of nitrogens with zero attached hydrogens (tertiary/aromatic N) is 3. The van der Waals surface area contributed by atoms with E-state index >= 15 is 0 Å². The molecule has 0 radical (unpaired) electrons. The van der Waals surface area contributed by atoms with E-state index in [1.54, 1.807) is 6.20 Å². The molecule has 1 N–H and O–H groups in total. The van der Waals surface area contributed by atoms with Crippen molar-refractivity contribution in [1.29, 1.82) is 0 Å². The molecular formula is C20H28N4O3. The zero-order chi connectivity index (χ0) is 19.3. The van der Waals surface area contributed by atoms with Crippen LogP contribution < -0.4 is 5.32 Å². The highest BCUT2D eigenvalue weighted by Crippen LogP contribution is 2.38. The Morgan fingerprint density at radius 1 is 1.26 bits per heavy atom. The van der Waals surface area contributed by atoms with Crippen LogP contribution in [0.25, 0.3) is 0 Å². The molecule has 0 bridgehead atoms. The maximum absolute atomic E-state index is 12.4. The van der Waals surface area contributed by atoms with E-state index in [1.165, 1.54) is 6.92 Å². The smallest absolute Gasteiger partial charge is 0.241 e. The number of hydrogen-bond donors (Lipinski definition) is 1. The predicted octanol–water partition coefficient (Wildman–Crippen LogP) is 0.991. The molecule has 3 amide bonds. The fraction of sp³-hybridized carbons (Fsp3) is 0.600. The van der Waals surface area contributed by atoms with E-state index < -0.39 is 0 Å². The first-order valence-electron chi connectivity index (χ1n) is 9.67. The molecule has 1 atom stereocenters. The van der Waals surface area contributed by atoms with Crippen LogP contribution in [0.5, 0.6) is 0 Å². The van der Waals surface area contributed by atoms with Crippen molar-refractivity contribution in [3.05, 3.63) is 30.1 Å². The van der Waals surface area contributed by atoms with Crippen molar-refractivity contribution in [1.82, 2.24) is 20.1 Å². The lowest BCUT2D eigenvalue weighted by atomic mass is 9.73. The summed E-state index contributed by atoms with van der Waals surface area (Å²) in [6.45, 7) is 4.21. The quantitative estimate of drug-likeness (QED) is 0.836. The number of likely N-dealkylation sites (tertiary alicyclic amines) is 2. The Hall–Kier alpha value is -2.44. The number of piperidine rings is 2. The highest BCUT2D eigenvalue weighted by Gasteiger charge is 2.42. The summed E-state index contributed by atoms with van der Waals surface area (Å²) in [5, 5.41) is 2.59. The number of pyridine rings is 1. The Morgan fingerprint density at radius 3 is 2.85 bits per heavy atom. The molecule has 7 nitrogen and oxygen atoms in total. The molecule has 2 fully saturated rings. The zero-order valence-corrected chi connectivity index (χ0v) is 15.9. The summed E-state index contributed by atoms with van der Waals surface area (Å²) in [4.78, 5) is 44.0. The van der Waals surface area contributed by atoms with Crippen LogP contribution >= 0.6 is 0 Å². The summed E-state index contributed by atoms with van der Waals surface area (Å²) in [6.07, 6.45) is 5.85. The van der Waals surface area contributed by atoms with Crippen molar-refractivity contribution < 1.29 is 14.4 Å². The third kappa shape index (κ3) is 5.05. The van der Waals surface area contributed by atoms with Gasteiger partial charge in [-0.2, -0.15) is 0 Å². The van der Waals surface area contributed by atoms with Gasteiger partial charge in [-0.25, -0.2) is 0 Å². The van der Waals surface area contributed by atoms with E-state index in [2.05, 4.69) is 10.3 Å². The fourth-order valence-corrected chi connectivity index (χ4v) is 4.17. The van der Waals surface area contributed by atoms with Crippen molar-refractivity contribution in [2.45, 2.75) is 39.0 Å². The van der Waals surface area contributed by atoms with Gasteiger partial charge in [0.25, 0.3) is 0 Å².